The summed E-state index contributed by atoms with van der Waals surface area (Å²) in [6, 6.07) is 9.90. The highest BCUT2D eigenvalue weighted by Crippen LogP contribution is 2.30. The monoisotopic (exact) mass is 825 g/mol. The quantitative estimate of drug-likeness (QED) is 0.112. The number of hydrogen-bond donors (Lipinski definition) is 6. The van der Waals surface area contributed by atoms with Gasteiger partial charge < -0.3 is 36.6 Å². The van der Waals surface area contributed by atoms with Gasteiger partial charge in [0.15, 0.2) is 0 Å². The zero-order valence-electron chi connectivity index (χ0n) is 33.1. The maximum Gasteiger partial charge on any atom is 0.407 e. The Balaban J connectivity index is 1.53. The van der Waals surface area contributed by atoms with Crippen LogP contribution in [0.25, 0.3) is 0 Å². The zero-order chi connectivity index (χ0) is 42.4. The van der Waals surface area contributed by atoms with Gasteiger partial charge in [-0.2, -0.15) is 0 Å². The van der Waals surface area contributed by atoms with Crippen molar-refractivity contribution in [3.8, 4) is 0 Å². The molecule has 1 aliphatic carbocycles. The molecule has 17 nitrogen and oxygen atoms in total. The summed E-state index contributed by atoms with van der Waals surface area (Å²) in [6.07, 6.45) is 3.25. The van der Waals surface area contributed by atoms with Crippen LogP contribution in [0.3, 0.4) is 0 Å². The van der Waals surface area contributed by atoms with Gasteiger partial charge in [0.2, 0.25) is 39.4 Å². The molecule has 0 radical (unpaired) electrons. The Morgan fingerprint density at radius 1 is 0.879 bits per heavy atom. The summed E-state index contributed by atoms with van der Waals surface area (Å²) in [4.78, 5) is 94.1. The van der Waals surface area contributed by atoms with Crippen molar-refractivity contribution in [2.75, 3.05) is 19.7 Å². The molecule has 4 rings (SSSR count). The number of ketones is 1. The number of hydrogen-bond acceptors (Lipinski definition) is 10. The third kappa shape index (κ3) is 12.8. The molecule has 2 aromatic rings. The molecule has 7 N–H and O–H groups in total. The van der Waals surface area contributed by atoms with E-state index in [1.165, 1.54) is 17.0 Å². The molecule has 2 aromatic carbocycles. The summed E-state index contributed by atoms with van der Waals surface area (Å²) >= 11 is 0. The molecular weight excluding hydrogens is 771 g/mol. The SMILES string of the molecule is CCCC(NC(=O)[C@@H]1C[C@@H](NS(=O)(=O)c2ccccc2)CN1C(=O)[C@@H](NC(=O)OCC(C)C)C1CCCCC1)C(=O)C(=O)NCC(=O)N[C@H](C(N)=O)c1ccccc1. The molecule has 316 valence electrons. The second kappa shape index (κ2) is 21.4. The summed E-state index contributed by atoms with van der Waals surface area (Å²) < 4.78 is 34.7. The normalized spacial score (nSPS) is 18.7. The van der Waals surface area contributed by atoms with E-state index in [0.717, 1.165) is 19.3 Å². The molecule has 18 heteroatoms. The standard InChI is InChI=1S/C40H55N7O10S/c1-4-14-30(35(49)38(52)42-22-32(48)44-33(36(41)50)26-15-8-5-9-16-26)43-37(51)31-21-28(46-58(55,56)29-19-12-7-13-20-29)23-47(31)39(53)34(27-17-10-6-11-18-27)45-40(54)57-24-25(2)3/h5,7-9,12-13,15-16,19-20,25,27-28,30-31,33-34,46H,4,6,10-11,14,17-18,21-24H2,1-3H3,(H2,41,50)(H,42,52)(H,43,51)(H,44,48)(H,45,54)/t28-,30?,31+,33+,34+/m1/s1. The Morgan fingerprint density at radius 2 is 1.52 bits per heavy atom. The maximum atomic E-state index is 14.5. The molecule has 1 heterocycles. The van der Waals surface area contributed by atoms with Gasteiger partial charge in [-0.15, -0.1) is 0 Å². The third-order valence-electron chi connectivity index (χ3n) is 10.0. The number of rotatable bonds is 19. The van der Waals surface area contributed by atoms with E-state index >= 15 is 0 Å². The van der Waals surface area contributed by atoms with Crippen molar-refractivity contribution in [3.63, 3.8) is 0 Å². The van der Waals surface area contributed by atoms with E-state index in [-0.39, 0.29) is 42.7 Å². The molecule has 1 aliphatic heterocycles. The van der Waals surface area contributed by atoms with E-state index in [0.29, 0.717) is 24.8 Å². The summed E-state index contributed by atoms with van der Waals surface area (Å²) in [5, 5.41) is 9.97. The lowest BCUT2D eigenvalue weighted by molar-refractivity contribution is -0.143. The molecule has 0 spiro atoms. The Hall–Kier alpha value is -5.36. The lowest BCUT2D eigenvalue weighted by Gasteiger charge is -2.34. The zero-order valence-corrected chi connectivity index (χ0v) is 33.9. The van der Waals surface area contributed by atoms with Crippen LogP contribution in [0.2, 0.25) is 0 Å². The van der Waals surface area contributed by atoms with Crippen LogP contribution in [0, 0.1) is 11.8 Å². The van der Waals surface area contributed by atoms with Gasteiger partial charge in [0.05, 0.1) is 24.1 Å². The second-order valence-corrected chi connectivity index (χ2v) is 16.8. The van der Waals surface area contributed by atoms with Gasteiger partial charge in [0, 0.05) is 12.6 Å². The minimum absolute atomic E-state index is 0.0145. The maximum absolute atomic E-state index is 14.5. The predicted octanol–water partition coefficient (Wildman–Crippen LogP) is 1.58. The van der Waals surface area contributed by atoms with Crippen LogP contribution in [0.1, 0.15) is 83.7 Å². The van der Waals surface area contributed by atoms with Crippen molar-refractivity contribution >= 4 is 51.4 Å². The highest BCUT2D eigenvalue weighted by atomic mass is 32.2. The molecule has 1 saturated heterocycles. The molecule has 1 saturated carbocycles. The molecule has 2 aliphatic rings. The van der Waals surface area contributed by atoms with Crippen LogP contribution < -0.4 is 31.7 Å². The van der Waals surface area contributed by atoms with Crippen molar-refractivity contribution in [1.29, 1.82) is 0 Å². The summed E-state index contributed by atoms with van der Waals surface area (Å²) in [5.41, 5.74) is 5.88. The van der Waals surface area contributed by atoms with Crippen molar-refractivity contribution in [2.45, 2.75) is 107 Å². The lowest BCUT2D eigenvalue weighted by Crippen LogP contribution is -2.58. The average Bonchev–Trinajstić information content (AvgIpc) is 3.63. The van der Waals surface area contributed by atoms with Crippen LogP contribution in [0.15, 0.2) is 65.6 Å². The third-order valence-corrected chi connectivity index (χ3v) is 11.6. The number of ether oxygens (including phenoxy) is 1. The molecule has 2 fully saturated rings. The van der Waals surface area contributed by atoms with Crippen molar-refractivity contribution < 1.29 is 46.7 Å². The fraction of sp³-hybridized carbons (Fsp3) is 0.525. The number of primary amides is 1. The first-order valence-corrected chi connectivity index (χ1v) is 21.2. The molecule has 0 aromatic heterocycles. The van der Waals surface area contributed by atoms with E-state index in [4.69, 9.17) is 10.5 Å². The number of nitrogens with two attached hydrogens (primary N) is 1. The smallest absolute Gasteiger partial charge is 0.407 e. The number of carbonyl (C=O) groups is 7. The fourth-order valence-electron chi connectivity index (χ4n) is 7.15. The van der Waals surface area contributed by atoms with E-state index in [2.05, 4.69) is 26.0 Å². The van der Waals surface area contributed by atoms with Crippen LogP contribution >= 0.6 is 0 Å². The number of Topliss-reactive ketones (excluding diaryl/α,β-unsaturated/α-hetero) is 1. The number of nitrogens with zero attached hydrogens (tertiary/aromatic N) is 1. The van der Waals surface area contributed by atoms with Crippen molar-refractivity contribution in [3.05, 3.63) is 66.2 Å². The highest BCUT2D eigenvalue weighted by Gasteiger charge is 2.46. The fourth-order valence-corrected chi connectivity index (χ4v) is 8.41. The van der Waals surface area contributed by atoms with Gasteiger partial charge in [-0.1, -0.05) is 95.0 Å². The molecule has 1 unspecified atom stereocenters. The first kappa shape index (κ1) is 45.3. The Kier molecular flexibility index (Phi) is 16.7. The number of sulfonamides is 1. The second-order valence-electron chi connectivity index (χ2n) is 15.1. The van der Waals surface area contributed by atoms with E-state index in [1.807, 2.05) is 13.8 Å². The van der Waals surface area contributed by atoms with Gasteiger partial charge >= 0.3 is 6.09 Å². The van der Waals surface area contributed by atoms with Crippen molar-refractivity contribution in [1.82, 2.24) is 30.9 Å². The topological polar surface area (TPSA) is 252 Å². The van der Waals surface area contributed by atoms with Crippen LogP contribution in [-0.4, -0.2) is 98.6 Å². The number of alkyl carbamates (subject to hydrolysis) is 1. The molecule has 6 amide bonds. The first-order chi connectivity index (χ1) is 27.6. The minimum Gasteiger partial charge on any atom is -0.449 e. The van der Waals surface area contributed by atoms with Gasteiger partial charge in [0.1, 0.15) is 18.1 Å². The number of benzene rings is 2. The van der Waals surface area contributed by atoms with E-state index < -0.39 is 88.2 Å². The summed E-state index contributed by atoms with van der Waals surface area (Å²) in [5.74, 6) is -5.56. The van der Waals surface area contributed by atoms with E-state index in [9.17, 15) is 42.0 Å². The molecule has 58 heavy (non-hydrogen) atoms. The van der Waals surface area contributed by atoms with E-state index in [1.54, 1.807) is 55.5 Å². The van der Waals surface area contributed by atoms with Crippen LogP contribution in [0.4, 0.5) is 4.79 Å². The first-order valence-electron chi connectivity index (χ1n) is 19.7. The number of likely N-dealkylation sites (tertiary alicyclic amines) is 1. The number of amides is 6. The summed E-state index contributed by atoms with van der Waals surface area (Å²) in [7, 11) is -4.09. The Labute approximate surface area is 339 Å². The van der Waals surface area contributed by atoms with Gasteiger partial charge in [-0.05, 0) is 55.2 Å². The van der Waals surface area contributed by atoms with Crippen LogP contribution in [0.5, 0.6) is 0 Å². The van der Waals surface area contributed by atoms with Crippen molar-refractivity contribution in [2.24, 2.45) is 17.6 Å². The highest BCUT2D eigenvalue weighted by molar-refractivity contribution is 7.89. The average molecular weight is 826 g/mol. The largest absolute Gasteiger partial charge is 0.449 e. The molecule has 5 atom stereocenters. The van der Waals surface area contributed by atoms with Crippen LogP contribution in [-0.2, 0) is 43.5 Å². The number of nitrogens with one attached hydrogen (secondary N) is 5. The minimum atomic E-state index is -4.09. The molecular formula is C40H55N7O10S. The number of carbonyl (C=O) groups excluding carboxylic acids is 7. The van der Waals surface area contributed by atoms with Gasteiger partial charge in [-0.3, -0.25) is 28.8 Å². The predicted molar refractivity (Wildman–Crippen MR) is 212 cm³/mol. The van der Waals surface area contributed by atoms with Gasteiger partial charge in [-0.25, -0.2) is 17.9 Å². The lowest BCUT2D eigenvalue weighted by atomic mass is 9.83. The Bertz CT molecular complexity index is 1870. The van der Waals surface area contributed by atoms with Gasteiger partial charge in [0.25, 0.3) is 5.91 Å². The Morgan fingerprint density at radius 3 is 2.12 bits per heavy atom. The summed E-state index contributed by atoms with van der Waals surface area (Å²) in [6.45, 7) is 4.66. The molecule has 0 bridgehead atoms.